The summed E-state index contributed by atoms with van der Waals surface area (Å²) in [7, 11) is 2.11. The van der Waals surface area contributed by atoms with E-state index in [4.69, 9.17) is 5.73 Å². The molecule has 1 aromatic rings. The van der Waals surface area contributed by atoms with Crippen LogP contribution in [0.5, 0.6) is 0 Å². The maximum Gasteiger partial charge on any atom is 0.0170 e. The Morgan fingerprint density at radius 1 is 1.27 bits per heavy atom. The summed E-state index contributed by atoms with van der Waals surface area (Å²) in [5.74, 6) is 0. The molecule has 0 saturated carbocycles. The van der Waals surface area contributed by atoms with Crippen molar-refractivity contribution in [1.29, 1.82) is 0 Å². The van der Waals surface area contributed by atoms with Crippen LogP contribution in [0, 0.1) is 0 Å². The van der Waals surface area contributed by atoms with Gasteiger partial charge in [-0.2, -0.15) is 0 Å². The van der Waals surface area contributed by atoms with Crippen LogP contribution in [0.4, 0.5) is 0 Å². The largest absolute Gasteiger partial charge is 0.327 e. The standard InChI is InChI=1S/C13H22N2/c1-3-15(2)11-13(14)10-9-12-7-5-4-6-8-12/h4-8,13H,3,9-11,14H2,1-2H3. The minimum atomic E-state index is 0.287. The van der Waals surface area contributed by atoms with Gasteiger partial charge >= 0.3 is 0 Å². The molecule has 1 atom stereocenters. The Labute approximate surface area is 93.1 Å². The Bertz CT molecular complexity index is 258. The Morgan fingerprint density at radius 3 is 2.53 bits per heavy atom. The third-order valence-corrected chi connectivity index (χ3v) is 2.73. The molecule has 0 aromatic heterocycles. The average Bonchev–Trinajstić information content (AvgIpc) is 2.27. The summed E-state index contributed by atoms with van der Waals surface area (Å²) < 4.78 is 0. The highest BCUT2D eigenvalue weighted by atomic mass is 15.1. The van der Waals surface area contributed by atoms with E-state index in [1.54, 1.807) is 0 Å². The lowest BCUT2D eigenvalue weighted by atomic mass is 10.1. The van der Waals surface area contributed by atoms with E-state index in [2.05, 4.69) is 43.1 Å². The second-order valence-electron chi connectivity index (χ2n) is 4.14. The minimum absolute atomic E-state index is 0.287. The van der Waals surface area contributed by atoms with Crippen LogP contribution in [0.15, 0.2) is 30.3 Å². The summed E-state index contributed by atoms with van der Waals surface area (Å²) >= 11 is 0. The van der Waals surface area contributed by atoms with Gasteiger partial charge in [-0.15, -0.1) is 0 Å². The van der Waals surface area contributed by atoms with Crippen molar-refractivity contribution in [3.05, 3.63) is 35.9 Å². The molecule has 2 heteroatoms. The first-order chi connectivity index (χ1) is 7.22. The maximum atomic E-state index is 6.06. The average molecular weight is 206 g/mol. The summed E-state index contributed by atoms with van der Waals surface area (Å²) in [6.45, 7) is 4.21. The highest BCUT2D eigenvalue weighted by molar-refractivity contribution is 5.14. The van der Waals surface area contributed by atoms with Gasteiger partial charge in [0.15, 0.2) is 0 Å². The lowest BCUT2D eigenvalue weighted by Crippen LogP contribution is -2.35. The van der Waals surface area contributed by atoms with Crippen molar-refractivity contribution in [3.63, 3.8) is 0 Å². The Kier molecular flexibility index (Phi) is 5.37. The third kappa shape index (κ3) is 4.96. The van der Waals surface area contributed by atoms with Crippen LogP contribution < -0.4 is 5.73 Å². The molecular weight excluding hydrogens is 184 g/mol. The van der Waals surface area contributed by atoms with Crippen molar-refractivity contribution in [3.8, 4) is 0 Å². The molecule has 0 heterocycles. The topological polar surface area (TPSA) is 29.3 Å². The molecule has 0 radical (unpaired) electrons. The fraction of sp³-hybridized carbons (Fsp3) is 0.538. The number of nitrogens with zero attached hydrogens (tertiary/aromatic N) is 1. The van der Waals surface area contributed by atoms with Gasteiger partial charge < -0.3 is 10.6 Å². The molecule has 0 bridgehead atoms. The molecule has 0 spiro atoms. The number of aryl methyl sites for hydroxylation is 1. The van der Waals surface area contributed by atoms with Crippen molar-refractivity contribution in [2.24, 2.45) is 5.73 Å². The van der Waals surface area contributed by atoms with Crippen LogP contribution in [0.3, 0.4) is 0 Å². The summed E-state index contributed by atoms with van der Waals surface area (Å²) in [6.07, 6.45) is 2.15. The molecule has 0 amide bonds. The summed E-state index contributed by atoms with van der Waals surface area (Å²) in [5.41, 5.74) is 7.44. The second-order valence-corrected chi connectivity index (χ2v) is 4.14. The SMILES string of the molecule is CCN(C)CC(N)CCc1ccccc1. The molecule has 0 aliphatic rings. The van der Waals surface area contributed by atoms with Gasteiger partial charge in [-0.25, -0.2) is 0 Å². The molecule has 2 nitrogen and oxygen atoms in total. The molecule has 1 unspecified atom stereocenters. The van der Waals surface area contributed by atoms with Gasteiger partial charge in [0.2, 0.25) is 0 Å². The second kappa shape index (κ2) is 6.59. The monoisotopic (exact) mass is 206 g/mol. The Balaban J connectivity index is 2.25. The number of hydrogen-bond acceptors (Lipinski definition) is 2. The van der Waals surface area contributed by atoms with Gasteiger partial charge in [0.25, 0.3) is 0 Å². The lowest BCUT2D eigenvalue weighted by molar-refractivity contribution is 0.319. The van der Waals surface area contributed by atoms with E-state index in [0.717, 1.165) is 25.9 Å². The number of nitrogens with two attached hydrogens (primary N) is 1. The molecular formula is C13H22N2. The minimum Gasteiger partial charge on any atom is -0.327 e. The van der Waals surface area contributed by atoms with Gasteiger partial charge in [-0.05, 0) is 32.0 Å². The normalized spacial score (nSPS) is 13.1. The van der Waals surface area contributed by atoms with E-state index in [-0.39, 0.29) is 6.04 Å². The van der Waals surface area contributed by atoms with E-state index >= 15 is 0 Å². The zero-order valence-corrected chi connectivity index (χ0v) is 9.82. The van der Waals surface area contributed by atoms with Gasteiger partial charge in [-0.3, -0.25) is 0 Å². The highest BCUT2D eigenvalue weighted by Crippen LogP contribution is 2.04. The van der Waals surface area contributed by atoms with Crippen molar-refractivity contribution >= 4 is 0 Å². The van der Waals surface area contributed by atoms with Crippen molar-refractivity contribution < 1.29 is 0 Å². The van der Waals surface area contributed by atoms with Crippen molar-refractivity contribution in [1.82, 2.24) is 4.90 Å². The highest BCUT2D eigenvalue weighted by Gasteiger charge is 2.05. The molecule has 0 aliphatic heterocycles. The molecule has 0 saturated heterocycles. The molecule has 0 fully saturated rings. The predicted molar refractivity (Wildman–Crippen MR) is 65.9 cm³/mol. The first-order valence-corrected chi connectivity index (χ1v) is 5.70. The van der Waals surface area contributed by atoms with Crippen LogP contribution in [0.25, 0.3) is 0 Å². The van der Waals surface area contributed by atoms with E-state index < -0.39 is 0 Å². The number of likely N-dealkylation sites (N-methyl/N-ethyl adjacent to an activating group) is 1. The van der Waals surface area contributed by atoms with Crippen molar-refractivity contribution in [2.45, 2.75) is 25.8 Å². The fourth-order valence-electron chi connectivity index (χ4n) is 1.62. The molecule has 2 N–H and O–H groups in total. The molecule has 0 aliphatic carbocycles. The number of hydrogen-bond donors (Lipinski definition) is 1. The summed E-state index contributed by atoms with van der Waals surface area (Å²) in [4.78, 5) is 2.26. The van der Waals surface area contributed by atoms with Gasteiger partial charge in [0.1, 0.15) is 0 Å². The molecule has 1 rings (SSSR count). The zero-order chi connectivity index (χ0) is 11.1. The van der Waals surface area contributed by atoms with Gasteiger partial charge in [-0.1, -0.05) is 37.3 Å². The smallest absolute Gasteiger partial charge is 0.0170 e. The third-order valence-electron chi connectivity index (χ3n) is 2.73. The van der Waals surface area contributed by atoms with Crippen LogP contribution >= 0.6 is 0 Å². The van der Waals surface area contributed by atoms with Crippen LogP contribution in [0.2, 0.25) is 0 Å². The van der Waals surface area contributed by atoms with Crippen LogP contribution in [0.1, 0.15) is 18.9 Å². The Morgan fingerprint density at radius 2 is 1.93 bits per heavy atom. The quantitative estimate of drug-likeness (QED) is 0.770. The van der Waals surface area contributed by atoms with E-state index in [0.29, 0.717) is 0 Å². The van der Waals surface area contributed by atoms with Gasteiger partial charge in [0, 0.05) is 12.6 Å². The van der Waals surface area contributed by atoms with E-state index in [1.165, 1.54) is 5.56 Å². The van der Waals surface area contributed by atoms with Crippen LogP contribution in [-0.4, -0.2) is 31.1 Å². The van der Waals surface area contributed by atoms with Crippen LogP contribution in [-0.2, 0) is 6.42 Å². The summed E-state index contributed by atoms with van der Waals surface area (Å²) in [6, 6.07) is 10.8. The maximum absolute atomic E-state index is 6.06. The van der Waals surface area contributed by atoms with Crippen molar-refractivity contribution in [2.75, 3.05) is 20.1 Å². The number of rotatable bonds is 6. The first-order valence-electron chi connectivity index (χ1n) is 5.70. The van der Waals surface area contributed by atoms with E-state index in [9.17, 15) is 0 Å². The molecule has 15 heavy (non-hydrogen) atoms. The predicted octanol–water partition coefficient (Wildman–Crippen LogP) is 1.90. The molecule has 84 valence electrons. The first kappa shape index (κ1) is 12.2. The van der Waals surface area contributed by atoms with Gasteiger partial charge in [0.05, 0.1) is 0 Å². The summed E-state index contributed by atoms with van der Waals surface area (Å²) in [5, 5.41) is 0. The molecule has 1 aromatic carbocycles. The Hall–Kier alpha value is -0.860. The van der Waals surface area contributed by atoms with E-state index in [1.807, 2.05) is 6.07 Å². The number of benzene rings is 1. The fourth-order valence-corrected chi connectivity index (χ4v) is 1.62. The zero-order valence-electron chi connectivity index (χ0n) is 9.82. The lowest BCUT2D eigenvalue weighted by Gasteiger charge is -2.19.